The minimum absolute atomic E-state index is 0.0488. The first kappa shape index (κ1) is 22.8. The van der Waals surface area contributed by atoms with Gasteiger partial charge in [-0.05, 0) is 48.2 Å². The summed E-state index contributed by atoms with van der Waals surface area (Å²) in [6.07, 6.45) is 2.54. The second-order valence-corrected chi connectivity index (χ2v) is 10.3. The highest BCUT2D eigenvalue weighted by molar-refractivity contribution is 5.92. The number of rotatable bonds is 5. The molecule has 6 rings (SSSR count). The number of hydrogen-bond donors (Lipinski definition) is 3. The number of nitrogens with zero attached hydrogens (tertiary/aromatic N) is 2. The zero-order chi connectivity index (χ0) is 24.9. The third-order valence-electron chi connectivity index (χ3n) is 8.34. The lowest BCUT2D eigenvalue weighted by atomic mass is 9.56. The third kappa shape index (κ3) is 3.58. The molecule has 0 unspecified atom stereocenters. The first-order valence-corrected chi connectivity index (χ1v) is 12.4. The summed E-state index contributed by atoms with van der Waals surface area (Å²) in [5, 5.41) is 35.3. The first-order valence-electron chi connectivity index (χ1n) is 12.4. The molecule has 1 aromatic heterocycles. The van der Waals surface area contributed by atoms with Crippen molar-refractivity contribution in [1.29, 1.82) is 0 Å². The molecule has 0 bridgehead atoms. The van der Waals surface area contributed by atoms with Gasteiger partial charge in [-0.15, -0.1) is 0 Å². The molecule has 184 valence electrons. The van der Waals surface area contributed by atoms with Crippen molar-refractivity contribution in [2.45, 2.75) is 36.7 Å². The number of piperidine rings is 1. The molecule has 2 aliphatic rings. The molecule has 2 atom stereocenters. The SMILES string of the molecule is O=[N+]([O-])c1cccc2c3c([nH]c12)C[C@]1(c2cccc(O)c2)CCN(CCc2ccccc2)C[C@@]1(O)C3. The highest BCUT2D eigenvalue weighted by atomic mass is 16.6. The number of aromatic hydroxyl groups is 1. The molecule has 0 radical (unpaired) electrons. The molecular weight excluding hydrogens is 454 g/mol. The van der Waals surface area contributed by atoms with Gasteiger partial charge in [0.2, 0.25) is 0 Å². The van der Waals surface area contributed by atoms with Gasteiger partial charge in [-0.3, -0.25) is 10.1 Å². The molecule has 0 spiro atoms. The molecule has 3 N–H and O–H groups in total. The van der Waals surface area contributed by atoms with Crippen molar-refractivity contribution in [3.05, 3.63) is 105 Å². The Labute approximate surface area is 209 Å². The Hall–Kier alpha value is -3.68. The maximum absolute atomic E-state index is 12.5. The second-order valence-electron chi connectivity index (χ2n) is 10.3. The smallest absolute Gasteiger partial charge is 0.293 e. The van der Waals surface area contributed by atoms with E-state index in [0.717, 1.165) is 48.1 Å². The van der Waals surface area contributed by atoms with Crippen molar-refractivity contribution in [1.82, 2.24) is 9.88 Å². The number of aromatic amines is 1. The van der Waals surface area contributed by atoms with E-state index in [-0.39, 0.29) is 16.4 Å². The fourth-order valence-corrected chi connectivity index (χ4v) is 6.51. The molecule has 1 aliphatic carbocycles. The average molecular weight is 484 g/mol. The van der Waals surface area contributed by atoms with E-state index in [1.807, 2.05) is 36.4 Å². The van der Waals surface area contributed by atoms with Gasteiger partial charge in [-0.2, -0.15) is 0 Å². The molecule has 0 saturated carbocycles. The van der Waals surface area contributed by atoms with Crippen molar-refractivity contribution in [3.8, 4) is 5.75 Å². The number of benzene rings is 3. The lowest BCUT2D eigenvalue weighted by Crippen LogP contribution is -2.66. The van der Waals surface area contributed by atoms with E-state index in [2.05, 4.69) is 22.0 Å². The molecule has 7 heteroatoms. The minimum Gasteiger partial charge on any atom is -0.508 e. The Kier molecular flexibility index (Phi) is 5.35. The molecule has 36 heavy (non-hydrogen) atoms. The van der Waals surface area contributed by atoms with Gasteiger partial charge in [0.25, 0.3) is 5.69 Å². The van der Waals surface area contributed by atoms with Gasteiger partial charge < -0.3 is 20.1 Å². The highest BCUT2D eigenvalue weighted by Crippen LogP contribution is 2.52. The van der Waals surface area contributed by atoms with Crippen molar-refractivity contribution >= 4 is 16.6 Å². The zero-order valence-corrected chi connectivity index (χ0v) is 20.0. The number of non-ortho nitro benzene ring substituents is 1. The Morgan fingerprint density at radius 2 is 1.83 bits per heavy atom. The predicted molar refractivity (Wildman–Crippen MR) is 138 cm³/mol. The topological polar surface area (TPSA) is 103 Å². The largest absolute Gasteiger partial charge is 0.508 e. The van der Waals surface area contributed by atoms with Crippen LogP contribution in [0.15, 0.2) is 72.8 Å². The molecule has 7 nitrogen and oxygen atoms in total. The lowest BCUT2D eigenvalue weighted by Gasteiger charge is -2.56. The van der Waals surface area contributed by atoms with Crippen LogP contribution in [-0.2, 0) is 24.7 Å². The highest BCUT2D eigenvalue weighted by Gasteiger charge is 2.57. The van der Waals surface area contributed by atoms with E-state index >= 15 is 0 Å². The van der Waals surface area contributed by atoms with Crippen LogP contribution in [-0.4, -0.2) is 50.3 Å². The van der Waals surface area contributed by atoms with Crippen molar-refractivity contribution in [2.24, 2.45) is 0 Å². The van der Waals surface area contributed by atoms with Crippen LogP contribution in [0.4, 0.5) is 5.69 Å². The van der Waals surface area contributed by atoms with Crippen LogP contribution in [0.2, 0.25) is 0 Å². The molecule has 4 aromatic rings. The number of nitro benzene ring substituents is 1. The number of nitrogens with one attached hydrogen (secondary N) is 1. The normalized spacial score (nSPS) is 23.8. The fraction of sp³-hybridized carbons (Fsp3) is 0.310. The Bertz CT molecular complexity index is 1450. The maximum Gasteiger partial charge on any atom is 0.293 e. The van der Waals surface area contributed by atoms with Gasteiger partial charge in [0.1, 0.15) is 11.3 Å². The molecule has 0 amide bonds. The summed E-state index contributed by atoms with van der Waals surface area (Å²) in [5.74, 6) is 0.175. The van der Waals surface area contributed by atoms with Gasteiger partial charge in [-0.1, -0.05) is 54.6 Å². The van der Waals surface area contributed by atoms with E-state index in [9.17, 15) is 20.3 Å². The molecule has 2 heterocycles. The maximum atomic E-state index is 12.5. The number of nitro groups is 1. The summed E-state index contributed by atoms with van der Waals surface area (Å²) in [4.78, 5) is 17.0. The fourth-order valence-electron chi connectivity index (χ4n) is 6.51. The van der Waals surface area contributed by atoms with Crippen molar-refractivity contribution in [2.75, 3.05) is 19.6 Å². The van der Waals surface area contributed by atoms with E-state index in [0.29, 0.717) is 24.9 Å². The third-order valence-corrected chi connectivity index (χ3v) is 8.34. The second kappa shape index (κ2) is 8.47. The molecular formula is C29H29N3O4. The van der Waals surface area contributed by atoms with Crippen molar-refractivity contribution < 1.29 is 15.1 Å². The van der Waals surface area contributed by atoms with Gasteiger partial charge in [0.05, 0.1) is 10.5 Å². The van der Waals surface area contributed by atoms with Crippen LogP contribution in [0.5, 0.6) is 5.75 Å². The van der Waals surface area contributed by atoms with Crippen LogP contribution in [0.1, 0.15) is 28.8 Å². The summed E-state index contributed by atoms with van der Waals surface area (Å²) in [6, 6.07) is 22.7. The number of fused-ring (bicyclic) bond motifs is 4. The number of hydrogen-bond acceptors (Lipinski definition) is 5. The molecule has 1 aliphatic heterocycles. The number of H-pyrrole nitrogens is 1. The Balaban J connectivity index is 1.42. The molecule has 1 saturated heterocycles. The number of phenols is 1. The predicted octanol–water partition coefficient (Wildman–Crippen LogP) is 4.50. The number of aromatic nitrogens is 1. The van der Waals surface area contributed by atoms with E-state index in [4.69, 9.17) is 0 Å². The van der Waals surface area contributed by atoms with E-state index < -0.39 is 11.0 Å². The number of phenolic OH excluding ortho intramolecular Hbond substituents is 1. The quantitative estimate of drug-likeness (QED) is 0.287. The zero-order valence-electron chi connectivity index (χ0n) is 20.0. The van der Waals surface area contributed by atoms with Gasteiger partial charge >= 0.3 is 0 Å². The lowest BCUT2D eigenvalue weighted by molar-refractivity contribution is -0.383. The molecule has 1 fully saturated rings. The number of β-amino-alcohol motifs (C(OH)–C–C–N with tert-alkyl or cyclic N) is 1. The monoisotopic (exact) mass is 483 g/mol. The van der Waals surface area contributed by atoms with Crippen molar-refractivity contribution in [3.63, 3.8) is 0 Å². The summed E-state index contributed by atoms with van der Waals surface area (Å²) >= 11 is 0. The van der Waals surface area contributed by atoms with Crippen LogP contribution >= 0.6 is 0 Å². The minimum atomic E-state index is -1.09. The van der Waals surface area contributed by atoms with Crippen LogP contribution < -0.4 is 0 Å². The first-order chi connectivity index (χ1) is 17.4. The van der Waals surface area contributed by atoms with E-state index in [1.165, 1.54) is 11.6 Å². The average Bonchev–Trinajstić information content (AvgIpc) is 3.22. The van der Waals surface area contributed by atoms with Gasteiger partial charge in [0, 0.05) is 48.5 Å². The summed E-state index contributed by atoms with van der Waals surface area (Å²) < 4.78 is 0. The Morgan fingerprint density at radius 3 is 2.61 bits per heavy atom. The van der Waals surface area contributed by atoms with Crippen LogP contribution in [0.3, 0.4) is 0 Å². The Morgan fingerprint density at radius 1 is 1.03 bits per heavy atom. The van der Waals surface area contributed by atoms with Gasteiger partial charge in [-0.25, -0.2) is 0 Å². The number of aliphatic hydroxyl groups is 1. The number of para-hydroxylation sites is 1. The number of likely N-dealkylation sites (tertiary alicyclic amines) is 1. The summed E-state index contributed by atoms with van der Waals surface area (Å²) in [6.45, 7) is 2.16. The van der Waals surface area contributed by atoms with Crippen LogP contribution in [0.25, 0.3) is 10.9 Å². The van der Waals surface area contributed by atoms with Gasteiger partial charge in [0.15, 0.2) is 0 Å². The standard InChI is InChI=1S/C29H29N3O4/c33-22-9-4-8-21(16-22)28-13-15-31(14-12-20-6-2-1-3-7-20)19-29(28,34)17-24-23-10-5-11-26(32(35)36)27(23)30-25(24)18-28/h1-11,16,30,33-34H,12-15,17-19H2/t28-,29-/m0/s1. The van der Waals surface area contributed by atoms with Crippen LogP contribution in [0, 0.1) is 10.1 Å². The molecule has 3 aromatic carbocycles. The summed E-state index contributed by atoms with van der Waals surface area (Å²) in [7, 11) is 0. The van der Waals surface area contributed by atoms with E-state index in [1.54, 1.807) is 18.2 Å². The summed E-state index contributed by atoms with van der Waals surface area (Å²) in [5.41, 5.74) is 2.92.